The van der Waals surface area contributed by atoms with Gasteiger partial charge in [-0.3, -0.25) is 4.98 Å². The van der Waals surface area contributed by atoms with Gasteiger partial charge in [0.25, 0.3) is 0 Å². The van der Waals surface area contributed by atoms with Gasteiger partial charge in [-0.05, 0) is 80.0 Å². The van der Waals surface area contributed by atoms with Crippen LogP contribution >= 0.6 is 0 Å². The van der Waals surface area contributed by atoms with Crippen LogP contribution in [0.5, 0.6) is 0 Å². The van der Waals surface area contributed by atoms with Crippen molar-refractivity contribution in [2.45, 2.75) is 19.3 Å². The van der Waals surface area contributed by atoms with Crippen molar-refractivity contribution >= 4 is 21.7 Å². The molecule has 3 heteroatoms. The minimum absolute atomic E-state index is 0.136. The summed E-state index contributed by atoms with van der Waals surface area (Å²) in [5, 5.41) is 3.66. The minimum atomic E-state index is -0.136. The first kappa shape index (κ1) is 31.1. The predicted molar refractivity (Wildman–Crippen MR) is 220 cm³/mol. The second-order valence-electron chi connectivity index (χ2n) is 14.5. The van der Waals surface area contributed by atoms with Gasteiger partial charge in [0.15, 0.2) is 5.82 Å². The zero-order valence-electron chi connectivity index (χ0n) is 29.6. The van der Waals surface area contributed by atoms with E-state index in [1.165, 1.54) is 33.0 Å². The first-order valence-corrected chi connectivity index (χ1v) is 18.2. The molecule has 2 heterocycles. The van der Waals surface area contributed by atoms with Gasteiger partial charge in [-0.2, -0.15) is 0 Å². The number of benzene rings is 7. The average molecular weight is 678 g/mol. The lowest BCUT2D eigenvalue weighted by molar-refractivity contribution is 0.661. The molecule has 1 aliphatic rings. The fourth-order valence-electron chi connectivity index (χ4n) is 8.05. The Hall–Kier alpha value is -6.71. The smallest absolute Gasteiger partial charge is 0.160 e. The largest absolute Gasteiger partial charge is 0.256 e. The van der Waals surface area contributed by atoms with Gasteiger partial charge in [0, 0.05) is 39.3 Å². The molecule has 0 spiro atoms. The lowest BCUT2D eigenvalue weighted by atomic mass is 9.81. The Kier molecular flexibility index (Phi) is 7.16. The summed E-state index contributed by atoms with van der Waals surface area (Å²) in [6, 6.07) is 60.5. The molecule has 0 amide bonds. The summed E-state index contributed by atoms with van der Waals surface area (Å²) >= 11 is 0. The van der Waals surface area contributed by atoms with Gasteiger partial charge < -0.3 is 0 Å². The number of pyridine rings is 1. The van der Waals surface area contributed by atoms with E-state index in [1.54, 1.807) is 0 Å². The van der Waals surface area contributed by atoms with Crippen molar-refractivity contribution in [2.75, 3.05) is 0 Å². The van der Waals surface area contributed by atoms with Gasteiger partial charge in [0.05, 0.1) is 16.9 Å². The van der Waals surface area contributed by atoms with Gasteiger partial charge >= 0.3 is 0 Å². The van der Waals surface area contributed by atoms with Gasteiger partial charge in [-0.15, -0.1) is 0 Å². The van der Waals surface area contributed by atoms with Crippen LogP contribution in [0.15, 0.2) is 176 Å². The summed E-state index contributed by atoms with van der Waals surface area (Å²) in [6.45, 7) is 4.68. The molecule has 0 bridgehead atoms. The molecule has 2 aromatic heterocycles. The Balaban J connectivity index is 1.05. The van der Waals surface area contributed by atoms with E-state index in [4.69, 9.17) is 9.97 Å². The van der Waals surface area contributed by atoms with Crippen molar-refractivity contribution in [1.82, 2.24) is 15.0 Å². The Bertz CT molecular complexity index is 2840. The number of hydrogen-bond acceptors (Lipinski definition) is 3. The lowest BCUT2D eigenvalue weighted by Gasteiger charge is -2.22. The van der Waals surface area contributed by atoms with E-state index in [-0.39, 0.29) is 5.41 Å². The second-order valence-corrected chi connectivity index (χ2v) is 14.5. The first-order valence-electron chi connectivity index (χ1n) is 18.2. The molecule has 0 saturated carbocycles. The molecule has 0 atom stereocenters. The predicted octanol–water partition coefficient (Wildman–Crippen LogP) is 12.8. The van der Waals surface area contributed by atoms with Crippen LogP contribution in [0.3, 0.4) is 0 Å². The zero-order chi connectivity index (χ0) is 35.5. The standard InChI is InChI=1S/C50H35N3/c1-50(2)43-17-10-16-41(48(43)42-28-37-13-6-7-14-38(37)29-44(42)50)47-30-46(52-49(53-47)36-11-4-3-5-12-36)35-25-23-33(24-26-35)32-19-21-34(22-20-32)40-27-39-15-8-9-18-45(39)51-31-40/h3-31H,1-2H3. The third-order valence-corrected chi connectivity index (χ3v) is 10.9. The summed E-state index contributed by atoms with van der Waals surface area (Å²) in [5.74, 6) is 0.717. The third kappa shape index (κ3) is 5.32. The molecule has 10 rings (SSSR count). The molecule has 53 heavy (non-hydrogen) atoms. The maximum Gasteiger partial charge on any atom is 0.160 e. The van der Waals surface area contributed by atoms with Gasteiger partial charge in [0.2, 0.25) is 0 Å². The maximum atomic E-state index is 5.26. The fourth-order valence-corrected chi connectivity index (χ4v) is 8.05. The number of hydrogen-bond donors (Lipinski definition) is 0. The van der Waals surface area contributed by atoms with Crippen LogP contribution in [0.4, 0.5) is 0 Å². The summed E-state index contributed by atoms with van der Waals surface area (Å²) in [6.07, 6.45) is 1.96. The molecule has 1 aliphatic carbocycles. The van der Waals surface area contributed by atoms with E-state index in [1.807, 2.05) is 36.5 Å². The first-order chi connectivity index (χ1) is 26.0. The van der Waals surface area contributed by atoms with Crippen molar-refractivity contribution in [1.29, 1.82) is 0 Å². The number of fused-ring (bicyclic) bond motifs is 5. The number of para-hydroxylation sites is 1. The monoisotopic (exact) mass is 677 g/mol. The molecular formula is C50H35N3. The topological polar surface area (TPSA) is 38.7 Å². The number of rotatable bonds is 5. The van der Waals surface area contributed by atoms with Crippen molar-refractivity contribution in [3.8, 4) is 67.3 Å². The average Bonchev–Trinajstić information content (AvgIpc) is 3.45. The molecule has 3 nitrogen and oxygen atoms in total. The quantitative estimate of drug-likeness (QED) is 0.182. The highest BCUT2D eigenvalue weighted by Crippen LogP contribution is 2.53. The van der Waals surface area contributed by atoms with Crippen molar-refractivity contribution in [3.63, 3.8) is 0 Å². The summed E-state index contributed by atoms with van der Waals surface area (Å²) < 4.78 is 0. The van der Waals surface area contributed by atoms with Crippen molar-refractivity contribution in [2.24, 2.45) is 0 Å². The van der Waals surface area contributed by atoms with E-state index in [0.29, 0.717) is 0 Å². The van der Waals surface area contributed by atoms with Crippen LogP contribution in [0.25, 0.3) is 89.0 Å². The highest BCUT2D eigenvalue weighted by molar-refractivity contribution is 5.98. The van der Waals surface area contributed by atoms with E-state index in [0.717, 1.165) is 67.1 Å². The minimum Gasteiger partial charge on any atom is -0.256 e. The van der Waals surface area contributed by atoms with Gasteiger partial charge in [0.1, 0.15) is 0 Å². The van der Waals surface area contributed by atoms with Crippen LogP contribution in [-0.4, -0.2) is 15.0 Å². The fraction of sp³-hybridized carbons (Fsp3) is 0.0600. The molecule has 0 fully saturated rings. The number of aromatic nitrogens is 3. The molecular weight excluding hydrogens is 643 g/mol. The molecule has 0 N–H and O–H groups in total. The summed E-state index contributed by atoms with van der Waals surface area (Å²) in [7, 11) is 0. The Morgan fingerprint density at radius 2 is 1.00 bits per heavy atom. The van der Waals surface area contributed by atoms with Gasteiger partial charge in [-0.25, -0.2) is 9.97 Å². The Morgan fingerprint density at radius 1 is 0.396 bits per heavy atom. The molecule has 9 aromatic rings. The number of nitrogens with zero attached hydrogens (tertiary/aromatic N) is 3. The van der Waals surface area contributed by atoms with E-state index in [9.17, 15) is 0 Å². The molecule has 0 radical (unpaired) electrons. The highest BCUT2D eigenvalue weighted by Gasteiger charge is 2.37. The molecule has 0 saturated heterocycles. The van der Waals surface area contributed by atoms with Crippen LogP contribution in [-0.2, 0) is 5.41 Å². The maximum absolute atomic E-state index is 5.26. The van der Waals surface area contributed by atoms with E-state index >= 15 is 0 Å². The van der Waals surface area contributed by atoms with Crippen LogP contribution in [0.1, 0.15) is 25.0 Å². The Morgan fingerprint density at radius 3 is 1.74 bits per heavy atom. The normalized spacial score (nSPS) is 12.9. The second kappa shape index (κ2) is 12.2. The summed E-state index contributed by atoms with van der Waals surface area (Å²) in [4.78, 5) is 15.1. The van der Waals surface area contributed by atoms with Crippen molar-refractivity contribution in [3.05, 3.63) is 187 Å². The van der Waals surface area contributed by atoms with Crippen molar-refractivity contribution < 1.29 is 0 Å². The SMILES string of the molecule is CC1(C)c2cc3ccccc3cc2-c2c(-c3cc(-c4ccc(-c5ccc(-c6cnc7ccccc7c6)cc5)cc4)nc(-c4ccccc4)n3)cccc21. The lowest BCUT2D eigenvalue weighted by Crippen LogP contribution is -2.14. The van der Waals surface area contributed by atoms with E-state index in [2.05, 4.69) is 158 Å². The van der Waals surface area contributed by atoms with Crippen LogP contribution in [0, 0.1) is 0 Å². The van der Waals surface area contributed by atoms with Crippen LogP contribution < -0.4 is 0 Å². The van der Waals surface area contributed by atoms with Crippen LogP contribution in [0.2, 0.25) is 0 Å². The molecule has 0 unspecified atom stereocenters. The van der Waals surface area contributed by atoms with E-state index < -0.39 is 0 Å². The highest BCUT2D eigenvalue weighted by atomic mass is 14.9. The molecule has 250 valence electrons. The molecule has 0 aliphatic heterocycles. The zero-order valence-corrected chi connectivity index (χ0v) is 29.6. The Labute approximate surface area is 309 Å². The third-order valence-electron chi connectivity index (χ3n) is 10.9. The summed E-state index contributed by atoms with van der Waals surface area (Å²) in [5.41, 5.74) is 15.7. The van der Waals surface area contributed by atoms with Gasteiger partial charge in [-0.1, -0.05) is 153 Å². The molecule has 7 aromatic carbocycles.